The van der Waals surface area contributed by atoms with Gasteiger partial charge in [-0.3, -0.25) is 10.1 Å². The van der Waals surface area contributed by atoms with Gasteiger partial charge in [0.1, 0.15) is 11.5 Å². The smallest absolute Gasteiger partial charge is 0.261 e. The SMILES string of the molecule is COc1ccc(-c2csc(NC(=S)NC(=O)c3cc(Br)cc(Br)c3OC)n2)cc1Br. The molecule has 30 heavy (non-hydrogen) atoms. The summed E-state index contributed by atoms with van der Waals surface area (Å²) in [6.07, 6.45) is 0. The third-order valence-corrected chi connectivity index (χ3v) is 6.48. The van der Waals surface area contributed by atoms with E-state index in [1.54, 1.807) is 19.2 Å². The number of amides is 1. The number of hydrogen-bond donors (Lipinski definition) is 2. The molecule has 0 bridgehead atoms. The van der Waals surface area contributed by atoms with Crippen LogP contribution in [0.15, 0.2) is 49.1 Å². The first-order chi connectivity index (χ1) is 14.3. The third-order valence-electron chi connectivity index (χ3n) is 3.86. The number of halogens is 3. The van der Waals surface area contributed by atoms with Crippen molar-refractivity contribution < 1.29 is 14.3 Å². The number of anilines is 1. The predicted molar refractivity (Wildman–Crippen MR) is 134 cm³/mol. The van der Waals surface area contributed by atoms with Gasteiger partial charge < -0.3 is 14.8 Å². The van der Waals surface area contributed by atoms with Crippen LogP contribution in [0.4, 0.5) is 5.13 Å². The Kier molecular flexibility index (Phi) is 7.86. The number of ether oxygens (including phenoxy) is 2. The highest BCUT2D eigenvalue weighted by molar-refractivity contribution is 9.11. The molecular formula is C19H14Br3N3O3S2. The van der Waals surface area contributed by atoms with E-state index in [4.69, 9.17) is 21.7 Å². The van der Waals surface area contributed by atoms with Gasteiger partial charge in [-0.2, -0.15) is 0 Å². The Balaban J connectivity index is 1.71. The van der Waals surface area contributed by atoms with Crippen molar-refractivity contribution in [1.82, 2.24) is 10.3 Å². The van der Waals surface area contributed by atoms with Gasteiger partial charge >= 0.3 is 0 Å². The molecule has 156 valence electrons. The van der Waals surface area contributed by atoms with Crippen LogP contribution in [0.5, 0.6) is 11.5 Å². The van der Waals surface area contributed by atoms with Crippen LogP contribution in [0.2, 0.25) is 0 Å². The van der Waals surface area contributed by atoms with Gasteiger partial charge in [-0.25, -0.2) is 4.98 Å². The first kappa shape index (κ1) is 23.1. The number of hydrogen-bond acceptors (Lipinski definition) is 6. The molecule has 1 aromatic heterocycles. The van der Waals surface area contributed by atoms with E-state index in [0.717, 1.165) is 26.0 Å². The van der Waals surface area contributed by atoms with Crippen LogP contribution < -0.4 is 20.1 Å². The summed E-state index contributed by atoms with van der Waals surface area (Å²) in [5, 5.41) is 8.18. The average molecular weight is 636 g/mol. The van der Waals surface area contributed by atoms with E-state index in [1.165, 1.54) is 18.4 Å². The Hall–Kier alpha value is -1.53. The Labute approximate surface area is 207 Å². The molecule has 0 spiro atoms. The number of thiazole rings is 1. The van der Waals surface area contributed by atoms with Crippen molar-refractivity contribution in [2.45, 2.75) is 0 Å². The first-order valence-electron chi connectivity index (χ1n) is 8.27. The highest BCUT2D eigenvalue weighted by atomic mass is 79.9. The van der Waals surface area contributed by atoms with Gasteiger partial charge in [0.05, 0.1) is 34.4 Å². The van der Waals surface area contributed by atoms with E-state index in [2.05, 4.69) is 63.4 Å². The fourth-order valence-corrected chi connectivity index (χ4v) is 5.43. The molecule has 0 saturated carbocycles. The zero-order valence-electron chi connectivity index (χ0n) is 15.6. The molecule has 0 radical (unpaired) electrons. The van der Waals surface area contributed by atoms with Crippen LogP contribution in [0.25, 0.3) is 11.3 Å². The predicted octanol–water partition coefficient (Wildman–Crippen LogP) is 6.24. The molecule has 2 N–H and O–H groups in total. The van der Waals surface area contributed by atoms with E-state index in [-0.39, 0.29) is 5.11 Å². The quantitative estimate of drug-likeness (QED) is 0.324. The van der Waals surface area contributed by atoms with Crippen molar-refractivity contribution in [3.8, 4) is 22.8 Å². The van der Waals surface area contributed by atoms with Crippen molar-refractivity contribution >= 4 is 87.5 Å². The Morgan fingerprint density at radius 1 is 1.10 bits per heavy atom. The summed E-state index contributed by atoms with van der Waals surface area (Å²) in [5.41, 5.74) is 2.04. The van der Waals surface area contributed by atoms with Crippen LogP contribution in [-0.4, -0.2) is 30.2 Å². The van der Waals surface area contributed by atoms with E-state index in [0.29, 0.717) is 20.9 Å². The molecule has 3 rings (SSSR count). The molecule has 1 amide bonds. The lowest BCUT2D eigenvalue weighted by Crippen LogP contribution is -2.34. The van der Waals surface area contributed by atoms with Gasteiger partial charge in [0.25, 0.3) is 5.91 Å². The molecule has 0 unspecified atom stereocenters. The third kappa shape index (κ3) is 5.38. The van der Waals surface area contributed by atoms with Crippen molar-refractivity contribution in [1.29, 1.82) is 0 Å². The van der Waals surface area contributed by atoms with E-state index in [1.807, 2.05) is 23.6 Å². The average Bonchev–Trinajstić information content (AvgIpc) is 3.15. The van der Waals surface area contributed by atoms with Crippen LogP contribution in [0.3, 0.4) is 0 Å². The number of aromatic nitrogens is 1. The maximum Gasteiger partial charge on any atom is 0.261 e. The van der Waals surface area contributed by atoms with Crippen molar-refractivity contribution in [3.05, 3.63) is 54.7 Å². The number of nitrogens with zero attached hydrogens (tertiary/aromatic N) is 1. The molecular weight excluding hydrogens is 622 g/mol. The molecule has 0 saturated heterocycles. The molecule has 1 heterocycles. The van der Waals surface area contributed by atoms with Crippen LogP contribution >= 0.6 is 71.3 Å². The highest BCUT2D eigenvalue weighted by Gasteiger charge is 2.18. The number of carbonyl (C=O) groups is 1. The van der Waals surface area contributed by atoms with Gasteiger partial charge in [0.15, 0.2) is 10.2 Å². The number of methoxy groups -OCH3 is 2. The number of rotatable bonds is 5. The fourth-order valence-electron chi connectivity index (χ4n) is 2.52. The second kappa shape index (κ2) is 10.2. The second-order valence-corrected chi connectivity index (χ2v) is 9.65. The van der Waals surface area contributed by atoms with Crippen LogP contribution in [-0.2, 0) is 0 Å². The molecule has 0 aliphatic carbocycles. The van der Waals surface area contributed by atoms with Crippen molar-refractivity contribution in [2.24, 2.45) is 0 Å². The monoisotopic (exact) mass is 633 g/mol. The topological polar surface area (TPSA) is 72.5 Å². The van der Waals surface area contributed by atoms with Crippen molar-refractivity contribution in [2.75, 3.05) is 19.5 Å². The molecule has 11 heteroatoms. The summed E-state index contributed by atoms with van der Waals surface area (Å²) < 4.78 is 12.8. The minimum atomic E-state index is -0.401. The van der Waals surface area contributed by atoms with Gasteiger partial charge in [-0.15, -0.1) is 11.3 Å². The highest BCUT2D eigenvalue weighted by Crippen LogP contribution is 2.33. The van der Waals surface area contributed by atoms with E-state index < -0.39 is 5.91 Å². The van der Waals surface area contributed by atoms with Gasteiger partial charge in [0, 0.05) is 15.4 Å². The second-order valence-electron chi connectivity index (χ2n) is 5.76. The molecule has 0 atom stereocenters. The van der Waals surface area contributed by atoms with Crippen LogP contribution in [0.1, 0.15) is 10.4 Å². The van der Waals surface area contributed by atoms with Gasteiger partial charge in [0.2, 0.25) is 0 Å². The Morgan fingerprint density at radius 3 is 2.53 bits per heavy atom. The minimum Gasteiger partial charge on any atom is -0.496 e. The Morgan fingerprint density at radius 2 is 1.87 bits per heavy atom. The molecule has 6 nitrogen and oxygen atoms in total. The Bertz CT molecular complexity index is 1120. The molecule has 3 aromatic rings. The summed E-state index contributed by atoms with van der Waals surface area (Å²) >= 11 is 16.9. The normalized spacial score (nSPS) is 10.4. The molecule has 0 fully saturated rings. The van der Waals surface area contributed by atoms with Gasteiger partial charge in [-0.05, 0) is 74.4 Å². The van der Waals surface area contributed by atoms with Gasteiger partial charge in [-0.1, -0.05) is 15.9 Å². The lowest BCUT2D eigenvalue weighted by molar-refractivity contribution is 0.0974. The van der Waals surface area contributed by atoms with Crippen molar-refractivity contribution in [3.63, 3.8) is 0 Å². The summed E-state index contributed by atoms with van der Waals surface area (Å²) in [6.45, 7) is 0. The largest absolute Gasteiger partial charge is 0.496 e. The summed E-state index contributed by atoms with van der Waals surface area (Å²) in [6, 6.07) is 9.15. The number of carbonyl (C=O) groups excluding carboxylic acids is 1. The lowest BCUT2D eigenvalue weighted by atomic mass is 10.2. The van der Waals surface area contributed by atoms with E-state index >= 15 is 0 Å². The van der Waals surface area contributed by atoms with Crippen LogP contribution in [0, 0.1) is 0 Å². The maximum atomic E-state index is 12.7. The zero-order chi connectivity index (χ0) is 21.8. The molecule has 0 aliphatic rings. The number of nitrogens with one attached hydrogen (secondary N) is 2. The minimum absolute atomic E-state index is 0.134. The zero-order valence-corrected chi connectivity index (χ0v) is 22.0. The first-order valence-corrected chi connectivity index (χ1v) is 11.9. The van der Waals surface area contributed by atoms with E-state index in [9.17, 15) is 4.79 Å². The summed E-state index contributed by atoms with van der Waals surface area (Å²) in [7, 11) is 3.11. The molecule has 0 aliphatic heterocycles. The summed E-state index contributed by atoms with van der Waals surface area (Å²) in [4.78, 5) is 17.2. The number of thiocarbonyl (C=S) groups is 1. The fraction of sp³-hybridized carbons (Fsp3) is 0.105. The standard InChI is InChI=1S/C19H14Br3N3O3S2/c1-27-15-4-3-9(5-12(15)21)14-8-30-19(23-14)25-18(29)24-17(26)11-6-10(20)7-13(22)16(11)28-2/h3-8H,1-2H3,(H2,23,24,25,26,29). The maximum absolute atomic E-state index is 12.7. The lowest BCUT2D eigenvalue weighted by Gasteiger charge is -2.12. The molecule has 2 aromatic carbocycles. The number of benzene rings is 2. The summed E-state index contributed by atoms with van der Waals surface area (Å²) in [5.74, 6) is 0.758.